The monoisotopic (exact) mass is 321 g/mol. The summed E-state index contributed by atoms with van der Waals surface area (Å²) >= 11 is 0. The van der Waals surface area contributed by atoms with Crippen LogP contribution < -0.4 is 11.1 Å². The van der Waals surface area contributed by atoms with Gasteiger partial charge in [-0.2, -0.15) is 9.90 Å². The number of carbonyl (C=O) groups excluding carboxylic acids is 1. The summed E-state index contributed by atoms with van der Waals surface area (Å²) in [6.45, 7) is 0.464. The van der Waals surface area contributed by atoms with Gasteiger partial charge in [0.2, 0.25) is 0 Å². The van der Waals surface area contributed by atoms with Crippen molar-refractivity contribution < 1.29 is 4.79 Å². The van der Waals surface area contributed by atoms with E-state index >= 15 is 0 Å². The molecule has 3 rings (SSSR count). The van der Waals surface area contributed by atoms with Gasteiger partial charge in [-0.15, -0.1) is 17.5 Å². The maximum atomic E-state index is 12.3. The third-order valence-corrected chi connectivity index (χ3v) is 4.04. The third-order valence-electron chi connectivity index (χ3n) is 4.04. The lowest BCUT2D eigenvalue weighted by molar-refractivity contribution is 0.0897. The van der Waals surface area contributed by atoms with Gasteiger partial charge in [-0.25, -0.2) is 0 Å². The van der Waals surface area contributed by atoms with Crippen LogP contribution in [-0.2, 0) is 0 Å². The van der Waals surface area contributed by atoms with Crippen molar-refractivity contribution in [1.82, 2.24) is 20.3 Å². The van der Waals surface area contributed by atoms with Crippen molar-refractivity contribution in [2.45, 2.75) is 31.2 Å². The predicted octanol–water partition coefficient (Wildman–Crippen LogP) is 1.69. The topological polar surface area (TPSA) is 85.8 Å². The number of amides is 1. The van der Waals surface area contributed by atoms with Gasteiger partial charge < -0.3 is 11.1 Å². The second-order valence-electron chi connectivity index (χ2n) is 5.50. The summed E-state index contributed by atoms with van der Waals surface area (Å²) in [6, 6.07) is 9.51. The van der Waals surface area contributed by atoms with Gasteiger partial charge in [0.1, 0.15) is 0 Å². The molecule has 1 aliphatic rings. The Morgan fingerprint density at radius 2 is 1.95 bits per heavy atom. The molecule has 1 amide bonds. The van der Waals surface area contributed by atoms with E-state index in [-0.39, 0.29) is 23.9 Å². The largest absolute Gasteiger partial charge is 0.344 e. The van der Waals surface area contributed by atoms with Crippen LogP contribution >= 0.6 is 12.4 Å². The minimum absolute atomic E-state index is 0. The molecule has 118 valence electrons. The highest BCUT2D eigenvalue weighted by atomic mass is 35.5. The van der Waals surface area contributed by atoms with E-state index in [1.54, 1.807) is 0 Å². The molecule has 0 saturated heterocycles. The molecule has 1 heterocycles. The number of nitrogens with two attached hydrogens (primary N) is 1. The highest BCUT2D eigenvalue weighted by Crippen LogP contribution is 2.28. The molecule has 1 aliphatic carbocycles. The SMILES string of the molecule is Cl.NCC1(NC(=O)c2cnn(-c3ccccc3)n2)CCCC1. The Kier molecular flexibility index (Phi) is 5.15. The first kappa shape index (κ1) is 16.5. The Labute approximate surface area is 135 Å². The van der Waals surface area contributed by atoms with E-state index in [0.717, 1.165) is 31.4 Å². The number of para-hydroxylation sites is 1. The van der Waals surface area contributed by atoms with E-state index in [9.17, 15) is 4.79 Å². The number of halogens is 1. The average Bonchev–Trinajstić information content (AvgIpc) is 3.18. The van der Waals surface area contributed by atoms with Crippen LogP contribution in [0.25, 0.3) is 5.69 Å². The maximum absolute atomic E-state index is 12.3. The Bertz CT molecular complexity index is 622. The number of hydrogen-bond acceptors (Lipinski definition) is 4. The van der Waals surface area contributed by atoms with Gasteiger partial charge in [-0.05, 0) is 25.0 Å². The van der Waals surface area contributed by atoms with Crippen LogP contribution in [0.3, 0.4) is 0 Å². The predicted molar refractivity (Wildman–Crippen MR) is 86.3 cm³/mol. The van der Waals surface area contributed by atoms with Crippen LogP contribution in [0.5, 0.6) is 0 Å². The molecular weight excluding hydrogens is 302 g/mol. The van der Waals surface area contributed by atoms with Gasteiger partial charge in [-0.3, -0.25) is 4.79 Å². The summed E-state index contributed by atoms with van der Waals surface area (Å²) in [5.74, 6) is -0.204. The van der Waals surface area contributed by atoms with Gasteiger partial charge in [0.15, 0.2) is 5.69 Å². The van der Waals surface area contributed by atoms with Crippen LogP contribution in [0.1, 0.15) is 36.2 Å². The molecule has 6 nitrogen and oxygen atoms in total. The summed E-state index contributed by atoms with van der Waals surface area (Å²) in [5, 5.41) is 11.4. The Hall–Kier alpha value is -1.92. The zero-order valence-corrected chi connectivity index (χ0v) is 13.1. The summed E-state index contributed by atoms with van der Waals surface area (Å²) < 4.78 is 0. The standard InChI is InChI=1S/C15H19N5O.ClH/c16-11-15(8-4-5-9-15)18-14(21)13-10-17-20(19-13)12-6-2-1-3-7-12;/h1-3,6-7,10H,4-5,8-9,11,16H2,(H,18,21);1H. The minimum atomic E-state index is -0.270. The van der Waals surface area contributed by atoms with Crippen LogP contribution in [0, 0.1) is 0 Å². The van der Waals surface area contributed by atoms with E-state index < -0.39 is 0 Å². The molecule has 3 N–H and O–H groups in total. The fourth-order valence-corrected chi connectivity index (χ4v) is 2.79. The zero-order valence-electron chi connectivity index (χ0n) is 12.2. The number of nitrogens with zero attached hydrogens (tertiary/aromatic N) is 3. The molecule has 1 aromatic heterocycles. The van der Waals surface area contributed by atoms with Crippen molar-refractivity contribution in [3.8, 4) is 5.69 Å². The number of benzene rings is 1. The second kappa shape index (κ2) is 6.89. The fourth-order valence-electron chi connectivity index (χ4n) is 2.79. The Morgan fingerprint density at radius 3 is 2.59 bits per heavy atom. The molecule has 2 aromatic rings. The van der Waals surface area contributed by atoms with E-state index in [0.29, 0.717) is 12.2 Å². The first-order chi connectivity index (χ1) is 10.2. The van der Waals surface area contributed by atoms with Crippen molar-refractivity contribution in [1.29, 1.82) is 0 Å². The normalized spacial score (nSPS) is 16.0. The molecule has 1 saturated carbocycles. The molecule has 7 heteroatoms. The molecule has 1 fully saturated rings. The number of aromatic nitrogens is 3. The smallest absolute Gasteiger partial charge is 0.273 e. The molecule has 0 atom stereocenters. The van der Waals surface area contributed by atoms with E-state index in [1.165, 1.54) is 11.0 Å². The van der Waals surface area contributed by atoms with Gasteiger partial charge in [0.25, 0.3) is 5.91 Å². The molecule has 0 unspecified atom stereocenters. The van der Waals surface area contributed by atoms with Gasteiger partial charge in [0, 0.05) is 6.54 Å². The Morgan fingerprint density at radius 1 is 1.27 bits per heavy atom. The van der Waals surface area contributed by atoms with Gasteiger partial charge in [-0.1, -0.05) is 31.0 Å². The van der Waals surface area contributed by atoms with Crippen molar-refractivity contribution in [2.24, 2.45) is 5.73 Å². The average molecular weight is 322 g/mol. The summed E-state index contributed by atoms with van der Waals surface area (Å²) in [5.41, 5.74) is 6.71. The first-order valence-corrected chi connectivity index (χ1v) is 7.23. The zero-order chi connectivity index (χ0) is 14.7. The molecule has 0 bridgehead atoms. The number of carbonyl (C=O) groups is 1. The van der Waals surface area contributed by atoms with Crippen molar-refractivity contribution in [2.75, 3.05) is 6.54 Å². The van der Waals surface area contributed by atoms with E-state index in [1.807, 2.05) is 30.3 Å². The summed E-state index contributed by atoms with van der Waals surface area (Å²) in [6.07, 6.45) is 5.56. The molecule has 0 radical (unpaired) electrons. The highest BCUT2D eigenvalue weighted by molar-refractivity contribution is 5.92. The number of hydrogen-bond donors (Lipinski definition) is 2. The van der Waals surface area contributed by atoms with Crippen molar-refractivity contribution in [3.05, 3.63) is 42.2 Å². The molecule has 22 heavy (non-hydrogen) atoms. The maximum Gasteiger partial charge on any atom is 0.273 e. The number of nitrogens with one attached hydrogen (secondary N) is 1. The number of rotatable bonds is 4. The second-order valence-corrected chi connectivity index (χ2v) is 5.50. The van der Waals surface area contributed by atoms with Gasteiger partial charge in [0.05, 0.1) is 17.4 Å². The molecule has 0 aliphatic heterocycles. The quantitative estimate of drug-likeness (QED) is 0.897. The van der Waals surface area contributed by atoms with Crippen LogP contribution in [0.2, 0.25) is 0 Å². The van der Waals surface area contributed by atoms with Gasteiger partial charge >= 0.3 is 0 Å². The lowest BCUT2D eigenvalue weighted by atomic mass is 9.98. The lowest BCUT2D eigenvalue weighted by Gasteiger charge is -2.28. The van der Waals surface area contributed by atoms with E-state index in [4.69, 9.17) is 5.73 Å². The lowest BCUT2D eigenvalue weighted by Crippen LogP contribution is -2.51. The van der Waals surface area contributed by atoms with Crippen LogP contribution in [-0.4, -0.2) is 33.0 Å². The van der Waals surface area contributed by atoms with Crippen molar-refractivity contribution in [3.63, 3.8) is 0 Å². The third kappa shape index (κ3) is 3.28. The highest BCUT2D eigenvalue weighted by Gasteiger charge is 2.34. The minimum Gasteiger partial charge on any atom is -0.344 e. The van der Waals surface area contributed by atoms with Crippen LogP contribution in [0.4, 0.5) is 0 Å². The molecular formula is C15H20ClN5O. The van der Waals surface area contributed by atoms with Crippen molar-refractivity contribution >= 4 is 18.3 Å². The van der Waals surface area contributed by atoms with Crippen LogP contribution in [0.15, 0.2) is 36.5 Å². The van der Waals surface area contributed by atoms with E-state index in [2.05, 4.69) is 15.5 Å². The molecule has 1 aromatic carbocycles. The first-order valence-electron chi connectivity index (χ1n) is 7.23. The Balaban J connectivity index is 0.00000176. The molecule has 0 spiro atoms. The fraction of sp³-hybridized carbons (Fsp3) is 0.400. The summed E-state index contributed by atoms with van der Waals surface area (Å²) in [4.78, 5) is 13.8. The summed E-state index contributed by atoms with van der Waals surface area (Å²) in [7, 11) is 0.